The SMILES string of the molecule is [O-][n+]1ccccc1.[SH][Zn]. The minimum absolute atomic E-state index is 0.750. The Kier molecular flexibility index (Phi) is 6.00. The number of hydrogen-bond acceptors (Lipinski definition) is 2. The molecule has 0 amide bonds. The first-order valence-corrected chi connectivity index (χ1v) is 6.96. The Morgan fingerprint density at radius 1 is 1.11 bits per heavy atom. The van der Waals surface area contributed by atoms with Gasteiger partial charge in [-0.05, 0) is 0 Å². The van der Waals surface area contributed by atoms with E-state index in [4.69, 9.17) is 0 Å². The summed E-state index contributed by atoms with van der Waals surface area (Å²) in [5.41, 5.74) is 0. The Morgan fingerprint density at radius 3 is 1.78 bits per heavy atom. The van der Waals surface area contributed by atoms with Crippen molar-refractivity contribution in [2.24, 2.45) is 0 Å². The molecule has 0 aromatic carbocycles. The topological polar surface area (TPSA) is 26.9 Å². The number of hydrogen-bond donors (Lipinski definition) is 1. The Hall–Kier alpha value is -0.0766. The first kappa shape index (κ1) is 8.92. The first-order valence-electron chi connectivity index (χ1n) is 2.35. The van der Waals surface area contributed by atoms with Gasteiger partial charge < -0.3 is 5.21 Å². The van der Waals surface area contributed by atoms with E-state index in [0.717, 1.165) is 21.8 Å². The molecule has 0 atom stereocenters. The van der Waals surface area contributed by atoms with Crippen molar-refractivity contribution in [3.05, 3.63) is 35.8 Å². The predicted octanol–water partition coefficient (Wildman–Crippen LogP) is 0.698. The van der Waals surface area contributed by atoms with Crippen molar-refractivity contribution in [3.63, 3.8) is 0 Å². The normalized spacial score (nSPS) is 7.44. The average Bonchev–Trinajstić information content (AvgIpc) is 1.94. The summed E-state index contributed by atoms with van der Waals surface area (Å²) in [6.07, 6.45) is 2.89. The van der Waals surface area contributed by atoms with Crippen molar-refractivity contribution in [1.82, 2.24) is 0 Å². The summed E-state index contributed by atoms with van der Waals surface area (Å²) in [5, 5.41) is 10.2. The minimum atomic E-state index is 0.750. The van der Waals surface area contributed by atoms with E-state index in [1.54, 1.807) is 18.2 Å². The standard InChI is InChI=1S/C5H5NO.H2S.Zn/c7-6-4-2-1-3-5-6;;/h1-5H;1H2;/q;;+1/p-1. The Balaban J connectivity index is 0.000000291. The van der Waals surface area contributed by atoms with Gasteiger partial charge in [0.05, 0.1) is 0 Å². The van der Waals surface area contributed by atoms with Crippen molar-refractivity contribution < 1.29 is 21.8 Å². The molecule has 0 N–H and O–H groups in total. The molecule has 0 saturated carbocycles. The van der Waals surface area contributed by atoms with E-state index >= 15 is 0 Å². The van der Waals surface area contributed by atoms with E-state index < -0.39 is 0 Å². The van der Waals surface area contributed by atoms with Crippen LogP contribution in [0.2, 0.25) is 0 Å². The third-order valence-corrected chi connectivity index (χ3v) is 0.688. The number of rotatable bonds is 0. The van der Waals surface area contributed by atoms with Crippen molar-refractivity contribution in [2.45, 2.75) is 0 Å². The summed E-state index contributed by atoms with van der Waals surface area (Å²) >= 11 is 1.07. The van der Waals surface area contributed by atoms with Gasteiger partial charge in [0, 0.05) is 12.1 Å². The van der Waals surface area contributed by atoms with Gasteiger partial charge in [0.2, 0.25) is 0 Å². The van der Waals surface area contributed by atoms with Gasteiger partial charge in [-0.25, -0.2) is 0 Å². The molecule has 0 aliphatic carbocycles. The maximum atomic E-state index is 10.2. The molecule has 0 fully saturated rings. The molecule has 0 aliphatic rings. The molecule has 45 valence electrons. The molecular formula is C5H6NOSZn. The van der Waals surface area contributed by atoms with Crippen molar-refractivity contribution >= 4 is 10.6 Å². The average molecular weight is 194 g/mol. The van der Waals surface area contributed by atoms with E-state index in [1.807, 2.05) is 0 Å². The second-order valence-electron chi connectivity index (χ2n) is 1.24. The van der Waals surface area contributed by atoms with Crippen molar-refractivity contribution in [1.29, 1.82) is 0 Å². The van der Waals surface area contributed by atoms with Gasteiger partial charge in [0.25, 0.3) is 0 Å². The number of thiol groups is 1. The molecular weight excluding hydrogens is 188 g/mol. The molecule has 9 heavy (non-hydrogen) atoms. The molecule has 1 rings (SSSR count). The number of nitrogens with zero attached hydrogens (tertiary/aromatic N) is 1. The molecule has 4 heteroatoms. The van der Waals surface area contributed by atoms with E-state index in [-0.39, 0.29) is 0 Å². The molecule has 2 nitrogen and oxygen atoms in total. The fourth-order valence-electron chi connectivity index (χ4n) is 0.383. The first-order chi connectivity index (χ1) is 4.39. The summed E-state index contributed by atoms with van der Waals surface area (Å²) in [5.74, 6) is 0. The van der Waals surface area contributed by atoms with Crippen LogP contribution in [0, 0.1) is 5.21 Å². The Morgan fingerprint density at radius 2 is 1.56 bits per heavy atom. The fourth-order valence-corrected chi connectivity index (χ4v) is 0.383. The zero-order valence-corrected chi connectivity index (χ0v) is 8.76. The van der Waals surface area contributed by atoms with Gasteiger partial charge in [-0.15, -0.1) is 0 Å². The molecule has 1 aromatic heterocycles. The van der Waals surface area contributed by atoms with Crippen LogP contribution in [0.5, 0.6) is 0 Å². The van der Waals surface area contributed by atoms with Gasteiger partial charge in [0.1, 0.15) is 0 Å². The fraction of sp³-hybridized carbons (Fsp3) is 0. The second kappa shape index (κ2) is 6.05. The summed E-state index contributed by atoms with van der Waals surface area (Å²) in [4.78, 5) is 0. The molecule has 0 radical (unpaired) electrons. The number of pyridine rings is 1. The van der Waals surface area contributed by atoms with Crippen LogP contribution >= 0.6 is 10.6 Å². The summed E-state index contributed by atoms with van der Waals surface area (Å²) in [6.45, 7) is 0. The molecule has 0 spiro atoms. The van der Waals surface area contributed by atoms with Crippen LogP contribution in [0.3, 0.4) is 0 Å². The Bertz CT molecular complexity index is 147. The van der Waals surface area contributed by atoms with Crippen LogP contribution in [0.25, 0.3) is 0 Å². The van der Waals surface area contributed by atoms with Gasteiger partial charge in [0.15, 0.2) is 12.4 Å². The van der Waals surface area contributed by atoms with Crippen LogP contribution < -0.4 is 4.73 Å². The van der Waals surface area contributed by atoms with Crippen LogP contribution in [0.1, 0.15) is 0 Å². The molecule has 1 aromatic rings. The molecule has 0 aliphatic heterocycles. The Labute approximate surface area is 68.4 Å². The second-order valence-corrected chi connectivity index (χ2v) is 1.24. The van der Waals surface area contributed by atoms with Crippen molar-refractivity contribution in [3.8, 4) is 0 Å². The van der Waals surface area contributed by atoms with E-state index in [2.05, 4.69) is 10.6 Å². The van der Waals surface area contributed by atoms with Gasteiger partial charge in [-0.2, -0.15) is 4.73 Å². The summed E-state index contributed by atoms with van der Waals surface area (Å²) < 4.78 is 0.750. The van der Waals surface area contributed by atoms with Gasteiger partial charge in [-0.3, -0.25) is 0 Å². The monoisotopic (exact) mass is 192 g/mol. The molecule has 0 unspecified atom stereocenters. The predicted molar refractivity (Wildman–Crippen MR) is 34.4 cm³/mol. The third kappa shape index (κ3) is 4.43. The van der Waals surface area contributed by atoms with Crippen molar-refractivity contribution in [2.75, 3.05) is 0 Å². The summed E-state index contributed by atoms with van der Waals surface area (Å²) in [7, 11) is 3.65. The van der Waals surface area contributed by atoms with Gasteiger partial charge in [-0.1, -0.05) is 6.07 Å². The zero-order valence-electron chi connectivity index (χ0n) is 4.90. The maximum absolute atomic E-state index is 10.2. The summed E-state index contributed by atoms with van der Waals surface area (Å²) in [6, 6.07) is 5.18. The van der Waals surface area contributed by atoms with E-state index in [1.165, 1.54) is 12.4 Å². The van der Waals surface area contributed by atoms with Gasteiger partial charge >= 0.3 is 27.7 Å². The molecule has 0 bridgehead atoms. The molecule has 0 saturated heterocycles. The third-order valence-electron chi connectivity index (χ3n) is 0.688. The molecule has 1 heterocycles. The zero-order chi connectivity index (χ0) is 7.11. The van der Waals surface area contributed by atoms with E-state index in [0.29, 0.717) is 0 Å². The van der Waals surface area contributed by atoms with E-state index in [9.17, 15) is 5.21 Å². The van der Waals surface area contributed by atoms with Crippen LogP contribution in [0.4, 0.5) is 0 Å². The van der Waals surface area contributed by atoms with Crippen LogP contribution in [-0.2, 0) is 17.1 Å². The van der Waals surface area contributed by atoms with Crippen LogP contribution in [-0.4, -0.2) is 0 Å². The number of aromatic nitrogens is 1. The van der Waals surface area contributed by atoms with Crippen LogP contribution in [0.15, 0.2) is 30.6 Å². The quantitative estimate of drug-likeness (QED) is 0.279.